The number of aromatic nitrogens is 1. The first kappa shape index (κ1) is 29.3. The number of hydrogen-bond donors (Lipinski definition) is 2. The fraction of sp³-hybridized carbons (Fsp3) is 0.375. The zero-order valence-electron chi connectivity index (χ0n) is 24.0. The van der Waals surface area contributed by atoms with E-state index in [9.17, 15) is 9.59 Å². The molecule has 1 aliphatic heterocycles. The van der Waals surface area contributed by atoms with Gasteiger partial charge in [-0.05, 0) is 54.4 Å². The molecule has 2 aliphatic rings. The molecule has 0 radical (unpaired) electrons. The first-order valence-electron chi connectivity index (χ1n) is 14.3. The lowest BCUT2D eigenvalue weighted by Crippen LogP contribution is -2.61. The van der Waals surface area contributed by atoms with E-state index in [-0.39, 0.29) is 30.9 Å². The van der Waals surface area contributed by atoms with Crippen LogP contribution in [0.15, 0.2) is 73.1 Å². The highest BCUT2D eigenvalue weighted by atomic mass is 32.1. The van der Waals surface area contributed by atoms with Crippen LogP contribution in [0.2, 0.25) is 0 Å². The summed E-state index contributed by atoms with van der Waals surface area (Å²) in [5.41, 5.74) is 1.44. The van der Waals surface area contributed by atoms with Crippen molar-refractivity contribution in [2.24, 2.45) is 0 Å². The molecule has 42 heavy (non-hydrogen) atoms. The zero-order valence-corrected chi connectivity index (χ0v) is 24.9. The molecule has 5 rings (SSSR count). The van der Waals surface area contributed by atoms with Gasteiger partial charge in [0.05, 0.1) is 32.5 Å². The van der Waals surface area contributed by atoms with Gasteiger partial charge in [0.15, 0.2) is 5.11 Å². The normalized spacial score (nSPS) is 17.7. The molecule has 220 valence electrons. The molecule has 1 aromatic heterocycles. The fourth-order valence-electron chi connectivity index (χ4n) is 5.90. The van der Waals surface area contributed by atoms with E-state index < -0.39 is 5.54 Å². The Balaban J connectivity index is 1.44. The molecule has 1 saturated heterocycles. The molecule has 2 aromatic carbocycles. The minimum Gasteiger partial charge on any atom is -0.497 e. The zero-order chi connectivity index (χ0) is 29.5. The predicted octanol–water partition coefficient (Wildman–Crippen LogP) is 4.70. The van der Waals surface area contributed by atoms with Gasteiger partial charge in [0.25, 0.3) is 0 Å². The summed E-state index contributed by atoms with van der Waals surface area (Å²) in [6.07, 6.45) is 7.24. The molecule has 1 aliphatic carbocycles. The quantitative estimate of drug-likeness (QED) is 0.330. The number of pyridine rings is 1. The van der Waals surface area contributed by atoms with E-state index in [1.165, 1.54) is 0 Å². The number of amides is 2. The monoisotopic (exact) mass is 587 g/mol. The molecule has 0 bridgehead atoms. The van der Waals surface area contributed by atoms with Crippen molar-refractivity contribution in [2.75, 3.05) is 32.6 Å². The third kappa shape index (κ3) is 6.33. The molecule has 1 atom stereocenters. The lowest BCUT2D eigenvalue weighted by molar-refractivity contribution is -0.149. The van der Waals surface area contributed by atoms with Crippen LogP contribution in [-0.2, 0) is 16.1 Å². The second-order valence-corrected chi connectivity index (χ2v) is 11.1. The van der Waals surface area contributed by atoms with Gasteiger partial charge < -0.3 is 29.9 Å². The number of nitrogens with zero attached hydrogens (tertiary/aromatic N) is 3. The van der Waals surface area contributed by atoms with Gasteiger partial charge in [-0.2, -0.15) is 0 Å². The van der Waals surface area contributed by atoms with E-state index in [0.29, 0.717) is 41.7 Å². The Morgan fingerprint density at radius 1 is 1.07 bits per heavy atom. The number of thiocarbonyl (C=S) groups is 1. The van der Waals surface area contributed by atoms with Gasteiger partial charge in [-0.15, -0.1) is 0 Å². The topological polar surface area (TPSA) is 96.0 Å². The average Bonchev–Trinajstić information content (AvgIpc) is 3.40. The Hall–Kier alpha value is -4.18. The van der Waals surface area contributed by atoms with Gasteiger partial charge in [-0.3, -0.25) is 14.6 Å². The lowest BCUT2D eigenvalue weighted by atomic mass is 9.78. The van der Waals surface area contributed by atoms with Crippen LogP contribution < -0.4 is 20.1 Å². The van der Waals surface area contributed by atoms with Crippen molar-refractivity contribution in [3.8, 4) is 11.5 Å². The van der Waals surface area contributed by atoms with E-state index in [1.54, 1.807) is 49.7 Å². The molecule has 0 spiro atoms. The summed E-state index contributed by atoms with van der Waals surface area (Å²) in [7, 11) is 3.13. The molecule has 2 amide bonds. The molecule has 2 fully saturated rings. The van der Waals surface area contributed by atoms with Gasteiger partial charge in [-0.1, -0.05) is 55.7 Å². The smallest absolute Gasteiger partial charge is 0.250 e. The first-order valence-corrected chi connectivity index (χ1v) is 14.7. The molecular weight excluding hydrogens is 550 g/mol. The summed E-state index contributed by atoms with van der Waals surface area (Å²) in [5, 5.41) is 6.98. The number of benzene rings is 2. The molecule has 9 nitrogen and oxygen atoms in total. The van der Waals surface area contributed by atoms with Gasteiger partial charge in [0, 0.05) is 31.5 Å². The summed E-state index contributed by atoms with van der Waals surface area (Å²) in [6.45, 7) is 0.893. The van der Waals surface area contributed by atoms with E-state index in [0.717, 1.165) is 30.4 Å². The summed E-state index contributed by atoms with van der Waals surface area (Å²) in [6, 6.07) is 19.1. The standard InChI is InChI=1S/C32H37N5O4S/c1-40-25-13-14-26(28(18-25)41-2)34-30(39)32(15-7-4-8-16-32)37(20-23-10-9-17-33-19-23)29(38)22-36-21-27(35-31(36)42)24-11-5-3-6-12-24/h3,5-6,9-14,17-19,27H,4,7-8,15-16,20-22H2,1-2H3,(H,34,39)(H,35,42)/t27-/m1/s1. The minimum atomic E-state index is -1.05. The number of carbonyl (C=O) groups excluding carboxylic acids is 2. The Labute approximate surface area is 252 Å². The van der Waals surface area contributed by atoms with Crippen LogP contribution in [0.1, 0.15) is 49.3 Å². The molecule has 3 aromatic rings. The van der Waals surface area contributed by atoms with Crippen molar-refractivity contribution in [1.29, 1.82) is 0 Å². The second-order valence-electron chi connectivity index (χ2n) is 10.7. The predicted molar refractivity (Wildman–Crippen MR) is 165 cm³/mol. The van der Waals surface area contributed by atoms with Crippen LogP contribution in [0.4, 0.5) is 5.69 Å². The Morgan fingerprint density at radius 3 is 2.55 bits per heavy atom. The number of rotatable bonds is 10. The largest absolute Gasteiger partial charge is 0.497 e. The van der Waals surface area contributed by atoms with Crippen molar-refractivity contribution in [2.45, 2.75) is 50.2 Å². The highest BCUT2D eigenvalue weighted by molar-refractivity contribution is 7.80. The minimum absolute atomic E-state index is 0.00671. The maximum absolute atomic E-state index is 14.3. The Bertz CT molecular complexity index is 1400. The number of anilines is 1. The Kier molecular flexibility index (Phi) is 9.22. The molecule has 0 unspecified atom stereocenters. The molecular formula is C32H37N5O4S. The number of methoxy groups -OCH3 is 2. The van der Waals surface area contributed by atoms with Crippen molar-refractivity contribution in [3.05, 3.63) is 84.2 Å². The molecule has 1 saturated carbocycles. The van der Waals surface area contributed by atoms with Gasteiger partial charge in [0.1, 0.15) is 17.0 Å². The Morgan fingerprint density at radius 2 is 1.86 bits per heavy atom. The maximum atomic E-state index is 14.3. The molecule has 10 heteroatoms. The van der Waals surface area contributed by atoms with Gasteiger partial charge in [-0.25, -0.2) is 0 Å². The fourth-order valence-corrected chi connectivity index (χ4v) is 6.18. The van der Waals surface area contributed by atoms with Crippen LogP contribution in [-0.4, -0.2) is 64.6 Å². The van der Waals surface area contributed by atoms with Crippen LogP contribution in [0, 0.1) is 0 Å². The highest BCUT2D eigenvalue weighted by Gasteiger charge is 2.47. The third-order valence-electron chi connectivity index (χ3n) is 8.16. The van der Waals surface area contributed by atoms with Crippen molar-refractivity contribution in [1.82, 2.24) is 20.1 Å². The van der Waals surface area contributed by atoms with Crippen LogP contribution in [0.5, 0.6) is 11.5 Å². The number of ether oxygens (including phenoxy) is 2. The van der Waals surface area contributed by atoms with Crippen LogP contribution in [0.25, 0.3) is 0 Å². The second kappa shape index (κ2) is 13.2. The summed E-state index contributed by atoms with van der Waals surface area (Å²) in [5.74, 6) is 0.719. The summed E-state index contributed by atoms with van der Waals surface area (Å²) in [4.78, 5) is 36.6. The van der Waals surface area contributed by atoms with Crippen LogP contribution in [0.3, 0.4) is 0 Å². The lowest BCUT2D eigenvalue weighted by Gasteiger charge is -2.45. The summed E-state index contributed by atoms with van der Waals surface area (Å²) >= 11 is 5.65. The number of hydrogen-bond acceptors (Lipinski definition) is 6. The van der Waals surface area contributed by atoms with E-state index in [4.69, 9.17) is 21.7 Å². The van der Waals surface area contributed by atoms with Crippen molar-refractivity contribution < 1.29 is 19.1 Å². The van der Waals surface area contributed by atoms with E-state index in [2.05, 4.69) is 27.8 Å². The van der Waals surface area contributed by atoms with E-state index in [1.807, 2.05) is 35.2 Å². The average molecular weight is 588 g/mol. The van der Waals surface area contributed by atoms with Gasteiger partial charge >= 0.3 is 0 Å². The SMILES string of the molecule is COc1ccc(NC(=O)C2(N(Cc3cccnc3)C(=O)CN3C[C@H](c4ccccc4)NC3=S)CCCCC2)c(OC)c1. The first-order chi connectivity index (χ1) is 20.4. The van der Waals surface area contributed by atoms with Crippen LogP contribution >= 0.6 is 12.2 Å². The van der Waals surface area contributed by atoms with Crippen molar-refractivity contribution in [3.63, 3.8) is 0 Å². The van der Waals surface area contributed by atoms with E-state index >= 15 is 0 Å². The number of carbonyl (C=O) groups is 2. The van der Waals surface area contributed by atoms with Crippen molar-refractivity contribution >= 4 is 34.8 Å². The number of nitrogens with one attached hydrogen (secondary N) is 2. The molecule has 2 N–H and O–H groups in total. The summed E-state index contributed by atoms with van der Waals surface area (Å²) < 4.78 is 10.9. The van der Waals surface area contributed by atoms with Gasteiger partial charge in [0.2, 0.25) is 11.8 Å². The third-order valence-corrected chi connectivity index (χ3v) is 8.53. The maximum Gasteiger partial charge on any atom is 0.250 e. The highest BCUT2D eigenvalue weighted by Crippen LogP contribution is 2.38. The molecule has 2 heterocycles.